The van der Waals surface area contributed by atoms with E-state index >= 15 is 0 Å². The minimum atomic E-state index is 0.412. The minimum Gasteiger partial charge on any atom is -0.312 e. The van der Waals surface area contributed by atoms with Gasteiger partial charge in [0.05, 0.1) is 0 Å². The molecule has 0 heterocycles. The number of nitrogens with one attached hydrogen (secondary N) is 1. The van der Waals surface area contributed by atoms with E-state index in [1.54, 1.807) is 0 Å². The van der Waals surface area contributed by atoms with Crippen LogP contribution in [0.25, 0.3) is 0 Å². The maximum absolute atomic E-state index is 3.42. The van der Waals surface area contributed by atoms with Crippen molar-refractivity contribution >= 4 is 0 Å². The number of rotatable bonds is 7. The second-order valence-corrected chi connectivity index (χ2v) is 5.13. The maximum atomic E-state index is 3.42. The zero-order valence-electron chi connectivity index (χ0n) is 12.5. The summed E-state index contributed by atoms with van der Waals surface area (Å²) in [5.41, 5.74) is 2.79. The molecule has 2 atom stereocenters. The first-order valence-corrected chi connectivity index (χ1v) is 7.08. The zero-order valence-corrected chi connectivity index (χ0v) is 12.5. The van der Waals surface area contributed by atoms with Crippen molar-refractivity contribution in [2.24, 2.45) is 0 Å². The molecule has 0 bridgehead atoms. The summed E-state index contributed by atoms with van der Waals surface area (Å²) in [5, 5.41) is 3.42. The lowest BCUT2D eigenvalue weighted by Crippen LogP contribution is -2.36. The predicted molar refractivity (Wildman–Crippen MR) is 80.0 cm³/mol. The van der Waals surface area contributed by atoms with E-state index < -0.39 is 0 Å². The lowest BCUT2D eigenvalue weighted by atomic mass is 10.0. The van der Waals surface area contributed by atoms with Crippen molar-refractivity contribution in [1.29, 1.82) is 0 Å². The van der Waals surface area contributed by atoms with Gasteiger partial charge >= 0.3 is 0 Å². The molecule has 0 saturated carbocycles. The molecule has 0 aromatic heterocycles. The standard InChI is InChI=1S/C16H28N2/c1-6-13(3)18(5)12-16(17-4)15-10-8-14(7-2)9-11-15/h8-11,13,16-17H,6-7,12H2,1-5H3. The predicted octanol–water partition coefficient (Wildman–Crippen LogP) is 3.24. The van der Waals surface area contributed by atoms with E-state index in [0.29, 0.717) is 12.1 Å². The first kappa shape index (κ1) is 15.2. The van der Waals surface area contributed by atoms with Gasteiger partial charge in [0.25, 0.3) is 0 Å². The normalized spacial score (nSPS) is 14.8. The van der Waals surface area contributed by atoms with Crippen LogP contribution in [0.15, 0.2) is 24.3 Å². The summed E-state index contributed by atoms with van der Waals surface area (Å²) in [7, 11) is 4.25. The van der Waals surface area contributed by atoms with Crippen LogP contribution < -0.4 is 5.32 Å². The summed E-state index contributed by atoms with van der Waals surface area (Å²) in [6.07, 6.45) is 2.30. The third kappa shape index (κ3) is 4.11. The molecule has 0 spiro atoms. The molecule has 102 valence electrons. The monoisotopic (exact) mass is 248 g/mol. The SMILES string of the molecule is CCc1ccc(C(CN(C)C(C)CC)NC)cc1. The van der Waals surface area contributed by atoms with Crippen LogP contribution in [-0.2, 0) is 6.42 Å². The zero-order chi connectivity index (χ0) is 13.5. The molecule has 1 rings (SSSR count). The van der Waals surface area contributed by atoms with Gasteiger partial charge in [-0.2, -0.15) is 0 Å². The lowest BCUT2D eigenvalue weighted by Gasteiger charge is -2.28. The molecule has 2 nitrogen and oxygen atoms in total. The van der Waals surface area contributed by atoms with Gasteiger partial charge < -0.3 is 10.2 Å². The third-order valence-corrected chi connectivity index (χ3v) is 3.95. The highest BCUT2D eigenvalue weighted by molar-refractivity contribution is 5.25. The Labute approximate surface area is 112 Å². The van der Waals surface area contributed by atoms with Gasteiger partial charge in [0.15, 0.2) is 0 Å². The van der Waals surface area contributed by atoms with Crippen molar-refractivity contribution in [1.82, 2.24) is 10.2 Å². The van der Waals surface area contributed by atoms with Crippen LogP contribution in [0.5, 0.6) is 0 Å². The molecular formula is C16H28N2. The van der Waals surface area contributed by atoms with Crippen molar-refractivity contribution in [3.05, 3.63) is 35.4 Å². The molecule has 0 aliphatic carbocycles. The van der Waals surface area contributed by atoms with E-state index in [1.165, 1.54) is 17.5 Å². The Morgan fingerprint density at radius 3 is 2.22 bits per heavy atom. The molecule has 0 aliphatic rings. The number of hydrogen-bond donors (Lipinski definition) is 1. The van der Waals surface area contributed by atoms with Crippen molar-refractivity contribution in [2.45, 2.75) is 45.7 Å². The summed E-state index contributed by atoms with van der Waals surface area (Å²) < 4.78 is 0. The number of likely N-dealkylation sites (N-methyl/N-ethyl adjacent to an activating group) is 2. The Balaban J connectivity index is 2.70. The minimum absolute atomic E-state index is 0.412. The van der Waals surface area contributed by atoms with Crippen LogP contribution in [0.1, 0.15) is 44.4 Å². The molecule has 0 aliphatic heterocycles. The van der Waals surface area contributed by atoms with E-state index in [-0.39, 0.29) is 0 Å². The molecular weight excluding hydrogens is 220 g/mol. The second-order valence-electron chi connectivity index (χ2n) is 5.13. The fraction of sp³-hybridized carbons (Fsp3) is 0.625. The van der Waals surface area contributed by atoms with E-state index in [4.69, 9.17) is 0 Å². The smallest absolute Gasteiger partial charge is 0.0446 e. The van der Waals surface area contributed by atoms with E-state index in [1.807, 2.05) is 7.05 Å². The molecule has 0 fully saturated rings. The molecule has 0 radical (unpaired) electrons. The quantitative estimate of drug-likeness (QED) is 0.797. The summed E-state index contributed by atoms with van der Waals surface area (Å²) in [4.78, 5) is 2.43. The van der Waals surface area contributed by atoms with Crippen LogP contribution in [0.3, 0.4) is 0 Å². The molecule has 1 aromatic rings. The molecule has 2 heteroatoms. The van der Waals surface area contributed by atoms with Gasteiger partial charge in [-0.25, -0.2) is 0 Å². The topological polar surface area (TPSA) is 15.3 Å². The van der Waals surface area contributed by atoms with Crippen LogP contribution >= 0.6 is 0 Å². The average Bonchev–Trinajstić information content (AvgIpc) is 2.43. The third-order valence-electron chi connectivity index (χ3n) is 3.95. The van der Waals surface area contributed by atoms with E-state index in [2.05, 4.69) is 62.3 Å². The Hall–Kier alpha value is -0.860. The van der Waals surface area contributed by atoms with Crippen molar-refractivity contribution < 1.29 is 0 Å². The van der Waals surface area contributed by atoms with E-state index in [0.717, 1.165) is 13.0 Å². The largest absolute Gasteiger partial charge is 0.312 e. The number of hydrogen-bond acceptors (Lipinski definition) is 2. The Kier molecular flexibility index (Phi) is 6.37. The highest BCUT2D eigenvalue weighted by Crippen LogP contribution is 2.16. The van der Waals surface area contributed by atoms with Gasteiger partial charge in [-0.15, -0.1) is 0 Å². The van der Waals surface area contributed by atoms with Crippen LogP contribution in [-0.4, -0.2) is 31.6 Å². The van der Waals surface area contributed by atoms with Gasteiger partial charge in [-0.1, -0.05) is 38.1 Å². The van der Waals surface area contributed by atoms with Crippen molar-refractivity contribution in [3.63, 3.8) is 0 Å². The Morgan fingerprint density at radius 2 is 1.78 bits per heavy atom. The van der Waals surface area contributed by atoms with Gasteiger partial charge in [0.1, 0.15) is 0 Å². The molecule has 1 N–H and O–H groups in total. The van der Waals surface area contributed by atoms with Crippen LogP contribution in [0.4, 0.5) is 0 Å². The van der Waals surface area contributed by atoms with Crippen LogP contribution in [0, 0.1) is 0 Å². The summed E-state index contributed by atoms with van der Waals surface area (Å²) in [6.45, 7) is 7.77. The highest BCUT2D eigenvalue weighted by Gasteiger charge is 2.14. The lowest BCUT2D eigenvalue weighted by molar-refractivity contribution is 0.228. The van der Waals surface area contributed by atoms with Crippen LogP contribution in [0.2, 0.25) is 0 Å². The molecule has 0 amide bonds. The molecule has 1 aromatic carbocycles. The number of aryl methyl sites for hydroxylation is 1. The molecule has 0 saturated heterocycles. The number of nitrogens with zero attached hydrogens (tertiary/aromatic N) is 1. The highest BCUT2D eigenvalue weighted by atomic mass is 15.1. The fourth-order valence-corrected chi connectivity index (χ4v) is 2.13. The van der Waals surface area contributed by atoms with Gasteiger partial charge in [0.2, 0.25) is 0 Å². The van der Waals surface area contributed by atoms with Gasteiger partial charge in [-0.3, -0.25) is 0 Å². The summed E-state index contributed by atoms with van der Waals surface area (Å²) in [5.74, 6) is 0. The van der Waals surface area contributed by atoms with E-state index in [9.17, 15) is 0 Å². The number of benzene rings is 1. The van der Waals surface area contributed by atoms with Crippen molar-refractivity contribution in [2.75, 3.05) is 20.6 Å². The first-order chi connectivity index (χ1) is 8.62. The average molecular weight is 248 g/mol. The first-order valence-electron chi connectivity index (χ1n) is 7.08. The Bertz CT molecular complexity index is 331. The molecule has 2 unspecified atom stereocenters. The van der Waals surface area contributed by atoms with Crippen molar-refractivity contribution in [3.8, 4) is 0 Å². The Morgan fingerprint density at radius 1 is 1.17 bits per heavy atom. The fourth-order valence-electron chi connectivity index (χ4n) is 2.13. The van der Waals surface area contributed by atoms with Gasteiger partial charge in [0, 0.05) is 18.6 Å². The summed E-state index contributed by atoms with van der Waals surface area (Å²) in [6, 6.07) is 10.0. The maximum Gasteiger partial charge on any atom is 0.0446 e. The van der Waals surface area contributed by atoms with Gasteiger partial charge in [-0.05, 0) is 45.0 Å². The second kappa shape index (κ2) is 7.55. The molecule has 18 heavy (non-hydrogen) atoms. The summed E-state index contributed by atoms with van der Waals surface area (Å²) >= 11 is 0.